The molecule has 0 N–H and O–H groups in total. The molecular formula is C9H11NS. The molecule has 0 saturated heterocycles. The Balaban J connectivity index is 2.11. The molecule has 0 fully saturated rings. The standard InChI is InChI=1S/C9H11NS/c1-2-9(11-7-1)8-3-5-10-6-4-8/h1-2,5,7-8H,3-4,6H2. The highest BCUT2D eigenvalue weighted by Crippen LogP contribution is 2.28. The fourth-order valence-corrected chi connectivity index (χ4v) is 2.30. The summed E-state index contributed by atoms with van der Waals surface area (Å²) in [4.78, 5) is 5.74. The molecule has 1 aliphatic rings. The fraction of sp³-hybridized carbons (Fsp3) is 0.444. The predicted molar refractivity (Wildman–Crippen MR) is 49.7 cm³/mol. The van der Waals surface area contributed by atoms with Crippen LogP contribution in [0.3, 0.4) is 0 Å². The molecule has 0 spiro atoms. The van der Waals surface area contributed by atoms with Gasteiger partial charge in [0.2, 0.25) is 0 Å². The van der Waals surface area contributed by atoms with Crippen LogP contribution in [0.4, 0.5) is 0 Å². The van der Waals surface area contributed by atoms with E-state index in [0.29, 0.717) is 0 Å². The Morgan fingerprint density at radius 1 is 1.55 bits per heavy atom. The van der Waals surface area contributed by atoms with Crippen molar-refractivity contribution < 1.29 is 0 Å². The SMILES string of the molecule is C1=NCCC(c2cccs2)C1. The molecule has 0 amide bonds. The van der Waals surface area contributed by atoms with E-state index < -0.39 is 0 Å². The Bertz CT molecular complexity index is 238. The van der Waals surface area contributed by atoms with E-state index in [1.54, 1.807) is 0 Å². The average Bonchev–Trinajstić information content (AvgIpc) is 2.58. The van der Waals surface area contributed by atoms with Crippen LogP contribution in [-0.4, -0.2) is 12.8 Å². The second-order valence-corrected chi connectivity index (χ2v) is 3.80. The van der Waals surface area contributed by atoms with Crippen LogP contribution in [0.25, 0.3) is 0 Å². The molecule has 0 bridgehead atoms. The summed E-state index contributed by atoms with van der Waals surface area (Å²) in [7, 11) is 0. The lowest BCUT2D eigenvalue weighted by Crippen LogP contribution is -2.04. The average molecular weight is 165 g/mol. The van der Waals surface area contributed by atoms with Crippen LogP contribution in [0.2, 0.25) is 0 Å². The number of rotatable bonds is 1. The molecule has 1 unspecified atom stereocenters. The summed E-state index contributed by atoms with van der Waals surface area (Å²) in [6.45, 7) is 1.02. The van der Waals surface area contributed by atoms with E-state index in [4.69, 9.17) is 0 Å². The summed E-state index contributed by atoms with van der Waals surface area (Å²) in [6.07, 6.45) is 4.44. The van der Waals surface area contributed by atoms with Gasteiger partial charge in [-0.15, -0.1) is 11.3 Å². The minimum atomic E-state index is 0.757. The van der Waals surface area contributed by atoms with E-state index in [-0.39, 0.29) is 0 Å². The molecule has 2 rings (SSSR count). The van der Waals surface area contributed by atoms with E-state index in [1.165, 1.54) is 11.3 Å². The summed E-state index contributed by atoms with van der Waals surface area (Å²) in [5, 5.41) is 2.15. The number of nitrogens with zero attached hydrogens (tertiary/aromatic N) is 1. The van der Waals surface area contributed by atoms with Crippen LogP contribution in [0.5, 0.6) is 0 Å². The van der Waals surface area contributed by atoms with Gasteiger partial charge in [0.15, 0.2) is 0 Å². The van der Waals surface area contributed by atoms with Crippen LogP contribution in [0, 0.1) is 0 Å². The second-order valence-electron chi connectivity index (χ2n) is 2.83. The van der Waals surface area contributed by atoms with Gasteiger partial charge in [-0.2, -0.15) is 0 Å². The molecule has 1 aromatic rings. The summed E-state index contributed by atoms with van der Waals surface area (Å²) >= 11 is 1.87. The molecule has 1 atom stereocenters. The summed E-state index contributed by atoms with van der Waals surface area (Å²) in [6, 6.07) is 4.36. The van der Waals surface area contributed by atoms with Gasteiger partial charge in [0.1, 0.15) is 0 Å². The smallest absolute Gasteiger partial charge is 0.0391 e. The summed E-state index contributed by atoms with van der Waals surface area (Å²) in [5.74, 6) is 0.757. The maximum atomic E-state index is 4.22. The normalized spacial score (nSPS) is 23.8. The molecule has 11 heavy (non-hydrogen) atoms. The Hall–Kier alpha value is -0.630. The minimum Gasteiger partial charge on any atom is -0.297 e. The quantitative estimate of drug-likeness (QED) is 0.606. The van der Waals surface area contributed by atoms with Crippen LogP contribution in [0.15, 0.2) is 22.5 Å². The first kappa shape index (κ1) is 7.04. The molecule has 1 nitrogen and oxygen atoms in total. The van der Waals surface area contributed by atoms with Crippen LogP contribution >= 0.6 is 11.3 Å². The first-order valence-electron chi connectivity index (χ1n) is 3.98. The van der Waals surface area contributed by atoms with Gasteiger partial charge in [0, 0.05) is 11.4 Å². The van der Waals surface area contributed by atoms with Gasteiger partial charge < -0.3 is 0 Å². The molecule has 0 aliphatic carbocycles. The van der Waals surface area contributed by atoms with Crippen molar-refractivity contribution >= 4 is 17.6 Å². The molecule has 0 saturated carbocycles. The highest BCUT2D eigenvalue weighted by atomic mass is 32.1. The van der Waals surface area contributed by atoms with E-state index in [2.05, 4.69) is 28.7 Å². The van der Waals surface area contributed by atoms with Gasteiger partial charge in [0.05, 0.1) is 0 Å². The second kappa shape index (κ2) is 3.18. The first-order valence-corrected chi connectivity index (χ1v) is 4.86. The Morgan fingerprint density at radius 2 is 2.55 bits per heavy atom. The number of hydrogen-bond donors (Lipinski definition) is 0. The Kier molecular flexibility index (Phi) is 2.04. The van der Waals surface area contributed by atoms with E-state index >= 15 is 0 Å². The largest absolute Gasteiger partial charge is 0.297 e. The number of thiophene rings is 1. The van der Waals surface area contributed by atoms with Crippen molar-refractivity contribution in [2.45, 2.75) is 18.8 Å². The minimum absolute atomic E-state index is 0.757. The summed E-state index contributed by atoms with van der Waals surface area (Å²) < 4.78 is 0. The van der Waals surface area contributed by atoms with Gasteiger partial charge in [0.25, 0.3) is 0 Å². The highest BCUT2D eigenvalue weighted by molar-refractivity contribution is 7.10. The Labute approximate surface area is 70.8 Å². The van der Waals surface area contributed by atoms with Crippen molar-refractivity contribution in [3.8, 4) is 0 Å². The molecule has 1 aliphatic heterocycles. The van der Waals surface area contributed by atoms with Crippen molar-refractivity contribution in [2.24, 2.45) is 4.99 Å². The van der Waals surface area contributed by atoms with Gasteiger partial charge >= 0.3 is 0 Å². The zero-order chi connectivity index (χ0) is 7.52. The van der Waals surface area contributed by atoms with Crippen molar-refractivity contribution in [3.63, 3.8) is 0 Å². The van der Waals surface area contributed by atoms with Crippen LogP contribution in [-0.2, 0) is 0 Å². The maximum absolute atomic E-state index is 4.22. The third-order valence-corrected chi connectivity index (χ3v) is 3.11. The highest BCUT2D eigenvalue weighted by Gasteiger charge is 2.12. The van der Waals surface area contributed by atoms with Crippen LogP contribution < -0.4 is 0 Å². The van der Waals surface area contributed by atoms with E-state index in [9.17, 15) is 0 Å². The molecule has 58 valence electrons. The van der Waals surface area contributed by atoms with Crippen LogP contribution in [0.1, 0.15) is 23.6 Å². The predicted octanol–water partition coefficient (Wildman–Crippen LogP) is 2.70. The third-order valence-electron chi connectivity index (χ3n) is 2.07. The molecule has 2 heterocycles. The molecule has 0 radical (unpaired) electrons. The Morgan fingerprint density at radius 3 is 3.18 bits per heavy atom. The molecule has 0 aromatic carbocycles. The van der Waals surface area contributed by atoms with Gasteiger partial charge in [-0.1, -0.05) is 6.07 Å². The fourth-order valence-electron chi connectivity index (χ4n) is 1.42. The van der Waals surface area contributed by atoms with Gasteiger partial charge in [-0.25, -0.2) is 0 Å². The molecule has 1 aromatic heterocycles. The number of aliphatic imine (C=N–C) groups is 1. The lowest BCUT2D eigenvalue weighted by Gasteiger charge is -2.14. The topological polar surface area (TPSA) is 12.4 Å². The molecule has 2 heteroatoms. The first-order chi connectivity index (χ1) is 5.47. The zero-order valence-electron chi connectivity index (χ0n) is 6.36. The van der Waals surface area contributed by atoms with Crippen molar-refractivity contribution in [1.82, 2.24) is 0 Å². The lowest BCUT2D eigenvalue weighted by molar-refractivity contribution is 0.648. The van der Waals surface area contributed by atoms with Gasteiger partial charge in [-0.3, -0.25) is 4.99 Å². The third kappa shape index (κ3) is 1.51. The molecular weight excluding hydrogens is 154 g/mol. The monoisotopic (exact) mass is 165 g/mol. The van der Waals surface area contributed by atoms with E-state index in [1.807, 2.05) is 11.3 Å². The van der Waals surface area contributed by atoms with E-state index in [0.717, 1.165) is 18.9 Å². The summed E-state index contributed by atoms with van der Waals surface area (Å²) in [5.41, 5.74) is 0. The lowest BCUT2D eigenvalue weighted by atomic mass is 9.98. The zero-order valence-corrected chi connectivity index (χ0v) is 7.18. The number of hydrogen-bond acceptors (Lipinski definition) is 2. The maximum Gasteiger partial charge on any atom is 0.0391 e. The van der Waals surface area contributed by atoms with Crippen molar-refractivity contribution in [3.05, 3.63) is 22.4 Å². The van der Waals surface area contributed by atoms with Gasteiger partial charge in [-0.05, 0) is 36.4 Å². The van der Waals surface area contributed by atoms with Crippen molar-refractivity contribution in [1.29, 1.82) is 0 Å². The van der Waals surface area contributed by atoms with Crippen molar-refractivity contribution in [2.75, 3.05) is 6.54 Å².